The van der Waals surface area contributed by atoms with Crippen LogP contribution in [-0.2, 0) is 14.3 Å². The van der Waals surface area contributed by atoms with Crippen molar-refractivity contribution in [1.82, 2.24) is 10.2 Å². The van der Waals surface area contributed by atoms with Gasteiger partial charge in [-0.1, -0.05) is 25.4 Å². The van der Waals surface area contributed by atoms with Crippen LogP contribution in [0.1, 0.15) is 24.2 Å². The maximum Gasteiger partial charge on any atom is 0.255 e. The molecule has 9 heteroatoms. The Hall–Kier alpha value is -1.87. The standard InChI is InChI=1S/C19H30ClN3O5/c1-5-23(6-2)8-7-21-19(25)14-11-15(20)16(12-17(14)27-4)22-18(24)13-28-10-9-26-3/h11-12H,5-10,13H2,1-4H3,(H,21,25)(H,22,24). The predicted octanol–water partition coefficient (Wildman–Crippen LogP) is 2.02. The van der Waals surface area contributed by atoms with E-state index in [4.69, 9.17) is 25.8 Å². The number of halogens is 1. The topological polar surface area (TPSA) is 89.1 Å². The summed E-state index contributed by atoms with van der Waals surface area (Å²) in [6.45, 7) is 7.84. The van der Waals surface area contributed by atoms with Crippen LogP contribution in [-0.4, -0.2) is 76.9 Å². The Kier molecular flexibility index (Phi) is 11.5. The highest BCUT2D eigenvalue weighted by molar-refractivity contribution is 6.34. The second-order valence-electron chi connectivity index (χ2n) is 5.91. The van der Waals surface area contributed by atoms with E-state index in [1.54, 1.807) is 7.11 Å². The van der Waals surface area contributed by atoms with Crippen molar-refractivity contribution in [3.8, 4) is 5.75 Å². The predicted molar refractivity (Wildman–Crippen MR) is 109 cm³/mol. The van der Waals surface area contributed by atoms with Gasteiger partial charge >= 0.3 is 0 Å². The zero-order valence-corrected chi connectivity index (χ0v) is 17.7. The summed E-state index contributed by atoms with van der Waals surface area (Å²) < 4.78 is 15.3. The number of nitrogens with one attached hydrogen (secondary N) is 2. The molecule has 0 saturated carbocycles. The second kappa shape index (κ2) is 13.3. The molecule has 1 aromatic rings. The number of carbonyl (C=O) groups is 2. The van der Waals surface area contributed by atoms with Gasteiger partial charge in [-0.05, 0) is 19.2 Å². The van der Waals surface area contributed by atoms with Crippen molar-refractivity contribution in [2.75, 3.05) is 65.5 Å². The summed E-state index contributed by atoms with van der Waals surface area (Å²) in [7, 11) is 3.01. The summed E-state index contributed by atoms with van der Waals surface area (Å²) in [6.07, 6.45) is 0. The molecule has 0 fully saturated rings. The third-order valence-electron chi connectivity index (χ3n) is 4.08. The second-order valence-corrected chi connectivity index (χ2v) is 6.32. The van der Waals surface area contributed by atoms with Gasteiger partial charge in [-0.3, -0.25) is 9.59 Å². The van der Waals surface area contributed by atoms with Gasteiger partial charge in [0.2, 0.25) is 5.91 Å². The molecular formula is C19H30ClN3O5. The zero-order valence-electron chi connectivity index (χ0n) is 17.0. The van der Waals surface area contributed by atoms with Crippen LogP contribution in [0.15, 0.2) is 12.1 Å². The minimum Gasteiger partial charge on any atom is -0.496 e. The lowest BCUT2D eigenvalue weighted by Crippen LogP contribution is -2.35. The fourth-order valence-corrected chi connectivity index (χ4v) is 2.66. The SMILES string of the molecule is CCN(CC)CCNC(=O)c1cc(Cl)c(NC(=O)COCCOC)cc1OC. The Labute approximate surface area is 171 Å². The highest BCUT2D eigenvalue weighted by atomic mass is 35.5. The van der Waals surface area contributed by atoms with Gasteiger partial charge in [0.05, 0.1) is 36.6 Å². The molecule has 0 aliphatic carbocycles. The van der Waals surface area contributed by atoms with Gasteiger partial charge in [0.25, 0.3) is 5.91 Å². The van der Waals surface area contributed by atoms with E-state index in [-0.39, 0.29) is 23.4 Å². The van der Waals surface area contributed by atoms with Crippen molar-refractivity contribution < 1.29 is 23.8 Å². The number of anilines is 1. The monoisotopic (exact) mass is 415 g/mol. The Morgan fingerprint density at radius 2 is 1.86 bits per heavy atom. The van der Waals surface area contributed by atoms with E-state index in [2.05, 4.69) is 29.4 Å². The first-order chi connectivity index (χ1) is 13.5. The molecule has 0 aliphatic rings. The summed E-state index contributed by atoms with van der Waals surface area (Å²) >= 11 is 6.24. The van der Waals surface area contributed by atoms with Crippen LogP contribution in [0, 0.1) is 0 Å². The maximum atomic E-state index is 12.5. The van der Waals surface area contributed by atoms with Crippen molar-refractivity contribution in [3.63, 3.8) is 0 Å². The van der Waals surface area contributed by atoms with Crippen LogP contribution in [0.25, 0.3) is 0 Å². The average molecular weight is 416 g/mol. The molecule has 0 radical (unpaired) electrons. The molecule has 2 N–H and O–H groups in total. The van der Waals surface area contributed by atoms with Crippen molar-refractivity contribution in [2.24, 2.45) is 0 Å². The van der Waals surface area contributed by atoms with E-state index >= 15 is 0 Å². The van der Waals surface area contributed by atoms with E-state index in [9.17, 15) is 9.59 Å². The van der Waals surface area contributed by atoms with E-state index in [1.807, 2.05) is 0 Å². The third-order valence-corrected chi connectivity index (χ3v) is 4.39. The van der Waals surface area contributed by atoms with Crippen LogP contribution in [0.3, 0.4) is 0 Å². The lowest BCUT2D eigenvalue weighted by molar-refractivity contribution is -0.121. The number of methoxy groups -OCH3 is 2. The molecule has 0 saturated heterocycles. The summed E-state index contributed by atoms with van der Waals surface area (Å²) in [5.41, 5.74) is 0.653. The normalized spacial score (nSPS) is 10.8. The first kappa shape index (κ1) is 24.2. The molecule has 28 heavy (non-hydrogen) atoms. The Bertz CT molecular complexity index is 638. The summed E-state index contributed by atoms with van der Waals surface area (Å²) in [4.78, 5) is 26.6. The van der Waals surface area contributed by atoms with Crippen molar-refractivity contribution >= 4 is 29.1 Å². The van der Waals surface area contributed by atoms with Gasteiger partial charge in [0.15, 0.2) is 0 Å². The number of hydrogen-bond donors (Lipinski definition) is 2. The summed E-state index contributed by atoms with van der Waals surface area (Å²) in [6, 6.07) is 3.00. The molecule has 0 spiro atoms. The smallest absolute Gasteiger partial charge is 0.255 e. The molecule has 1 aromatic carbocycles. The van der Waals surface area contributed by atoms with Crippen LogP contribution < -0.4 is 15.4 Å². The van der Waals surface area contributed by atoms with Crippen LogP contribution in [0.5, 0.6) is 5.75 Å². The fraction of sp³-hybridized carbons (Fsp3) is 0.579. The van der Waals surface area contributed by atoms with E-state index in [0.29, 0.717) is 36.8 Å². The minimum atomic E-state index is -0.364. The van der Waals surface area contributed by atoms with Gasteiger partial charge in [0.1, 0.15) is 12.4 Å². The molecule has 0 atom stereocenters. The minimum absolute atomic E-state index is 0.129. The van der Waals surface area contributed by atoms with Crippen LogP contribution >= 0.6 is 11.6 Å². The Morgan fingerprint density at radius 1 is 1.14 bits per heavy atom. The maximum absolute atomic E-state index is 12.5. The highest BCUT2D eigenvalue weighted by Gasteiger charge is 2.17. The molecule has 8 nitrogen and oxygen atoms in total. The summed E-state index contributed by atoms with van der Waals surface area (Å²) in [5.74, 6) is -0.330. The molecule has 0 heterocycles. The quantitative estimate of drug-likeness (QED) is 0.479. The first-order valence-corrected chi connectivity index (χ1v) is 9.59. The lowest BCUT2D eigenvalue weighted by atomic mass is 10.1. The van der Waals surface area contributed by atoms with Gasteiger partial charge in [-0.15, -0.1) is 0 Å². The number of likely N-dealkylation sites (N-methyl/N-ethyl adjacent to an activating group) is 1. The van der Waals surface area contributed by atoms with Gasteiger partial charge in [-0.2, -0.15) is 0 Å². The Morgan fingerprint density at radius 3 is 2.46 bits per heavy atom. The Balaban J connectivity index is 2.73. The average Bonchev–Trinajstić information content (AvgIpc) is 2.69. The van der Waals surface area contributed by atoms with Crippen LogP contribution in [0.2, 0.25) is 5.02 Å². The number of nitrogens with zero attached hydrogens (tertiary/aromatic N) is 1. The number of ether oxygens (including phenoxy) is 3. The third kappa shape index (κ3) is 8.02. The van der Waals surface area contributed by atoms with E-state index in [0.717, 1.165) is 19.6 Å². The van der Waals surface area contributed by atoms with Gasteiger partial charge < -0.3 is 29.7 Å². The number of carbonyl (C=O) groups excluding carboxylic acids is 2. The zero-order chi connectivity index (χ0) is 20.9. The van der Waals surface area contributed by atoms with Crippen molar-refractivity contribution in [1.29, 1.82) is 0 Å². The highest BCUT2D eigenvalue weighted by Crippen LogP contribution is 2.31. The molecule has 0 aromatic heterocycles. The molecule has 1 rings (SSSR count). The van der Waals surface area contributed by atoms with Crippen molar-refractivity contribution in [2.45, 2.75) is 13.8 Å². The van der Waals surface area contributed by atoms with Crippen molar-refractivity contribution in [3.05, 3.63) is 22.7 Å². The first-order valence-electron chi connectivity index (χ1n) is 9.21. The van der Waals surface area contributed by atoms with Gasteiger partial charge in [0, 0.05) is 26.3 Å². The van der Waals surface area contributed by atoms with Gasteiger partial charge in [-0.25, -0.2) is 0 Å². The molecule has 0 bridgehead atoms. The van der Waals surface area contributed by atoms with E-state index < -0.39 is 0 Å². The molecule has 0 aliphatic heterocycles. The molecular weight excluding hydrogens is 386 g/mol. The summed E-state index contributed by atoms with van der Waals surface area (Å²) in [5, 5.41) is 5.74. The lowest BCUT2D eigenvalue weighted by Gasteiger charge is -2.18. The molecule has 0 unspecified atom stereocenters. The largest absolute Gasteiger partial charge is 0.496 e. The molecule has 2 amide bonds. The number of rotatable bonds is 13. The number of benzene rings is 1. The van der Waals surface area contributed by atoms with E-state index in [1.165, 1.54) is 19.2 Å². The fourth-order valence-electron chi connectivity index (χ4n) is 2.45. The van der Waals surface area contributed by atoms with Crippen LogP contribution in [0.4, 0.5) is 5.69 Å². The number of hydrogen-bond acceptors (Lipinski definition) is 6. The molecule has 158 valence electrons. The number of amides is 2.